The van der Waals surface area contributed by atoms with Gasteiger partial charge in [-0.1, -0.05) is 6.07 Å². The van der Waals surface area contributed by atoms with Crippen molar-refractivity contribution in [3.05, 3.63) is 53.1 Å². The van der Waals surface area contributed by atoms with Crippen molar-refractivity contribution in [3.63, 3.8) is 0 Å². The zero-order chi connectivity index (χ0) is 14.0. The number of hydrogen-bond donors (Lipinski definition) is 1. The molecule has 0 atom stereocenters. The number of pyridine rings is 1. The highest BCUT2D eigenvalue weighted by Crippen LogP contribution is 2.13. The van der Waals surface area contributed by atoms with Crippen LogP contribution in [0.4, 0.5) is 0 Å². The Hall–Kier alpha value is -2.43. The molecule has 0 aliphatic carbocycles. The van der Waals surface area contributed by atoms with E-state index in [1.54, 1.807) is 12.4 Å². The summed E-state index contributed by atoms with van der Waals surface area (Å²) in [6, 6.07) is 5.13. The van der Waals surface area contributed by atoms with Gasteiger partial charge in [-0.2, -0.15) is 0 Å². The molecule has 2 aromatic rings. The van der Waals surface area contributed by atoms with Gasteiger partial charge in [-0.05, 0) is 31.5 Å². The molecule has 0 saturated heterocycles. The lowest BCUT2D eigenvalue weighted by molar-refractivity contribution is 0.0685. The van der Waals surface area contributed by atoms with Crippen molar-refractivity contribution in [2.45, 2.75) is 20.4 Å². The lowest BCUT2D eigenvalue weighted by atomic mass is 10.2. The maximum Gasteiger partial charge on any atom is 0.352 e. The van der Waals surface area contributed by atoms with Gasteiger partial charge in [0.25, 0.3) is 0 Å². The Bertz CT molecular complexity index is 644. The first kappa shape index (κ1) is 13.0. The Labute approximate surface area is 110 Å². The SMILES string of the molecule is CC(=O)c1cc(C(=O)O)n(Cc2ncccc2C)c1. The lowest BCUT2D eigenvalue weighted by Crippen LogP contribution is -2.10. The van der Waals surface area contributed by atoms with Crippen molar-refractivity contribution in [1.29, 1.82) is 0 Å². The Morgan fingerprint density at radius 3 is 2.74 bits per heavy atom. The summed E-state index contributed by atoms with van der Waals surface area (Å²) in [6.45, 7) is 3.66. The summed E-state index contributed by atoms with van der Waals surface area (Å²) in [7, 11) is 0. The first-order valence-corrected chi connectivity index (χ1v) is 5.84. The molecule has 0 radical (unpaired) electrons. The molecule has 0 amide bonds. The van der Waals surface area contributed by atoms with E-state index in [1.165, 1.54) is 17.6 Å². The van der Waals surface area contributed by atoms with Gasteiger partial charge in [-0.3, -0.25) is 9.78 Å². The van der Waals surface area contributed by atoms with Crippen molar-refractivity contribution in [2.75, 3.05) is 0 Å². The minimum absolute atomic E-state index is 0.0928. The normalized spacial score (nSPS) is 10.4. The highest BCUT2D eigenvalue weighted by molar-refractivity contribution is 5.97. The summed E-state index contributed by atoms with van der Waals surface area (Å²) >= 11 is 0. The van der Waals surface area contributed by atoms with Crippen molar-refractivity contribution in [1.82, 2.24) is 9.55 Å². The third kappa shape index (κ3) is 2.70. The first-order valence-electron chi connectivity index (χ1n) is 5.84. The zero-order valence-electron chi connectivity index (χ0n) is 10.8. The van der Waals surface area contributed by atoms with Gasteiger partial charge in [0.15, 0.2) is 5.78 Å². The van der Waals surface area contributed by atoms with Gasteiger partial charge in [0.1, 0.15) is 5.69 Å². The topological polar surface area (TPSA) is 72.2 Å². The fraction of sp³-hybridized carbons (Fsp3) is 0.214. The number of hydrogen-bond acceptors (Lipinski definition) is 3. The quantitative estimate of drug-likeness (QED) is 0.853. The van der Waals surface area contributed by atoms with E-state index >= 15 is 0 Å². The summed E-state index contributed by atoms with van der Waals surface area (Å²) in [6.07, 6.45) is 3.22. The molecule has 19 heavy (non-hydrogen) atoms. The minimum atomic E-state index is -1.05. The number of carbonyl (C=O) groups excluding carboxylic acids is 1. The second-order valence-electron chi connectivity index (χ2n) is 4.37. The van der Waals surface area contributed by atoms with Crippen molar-refractivity contribution in [3.8, 4) is 0 Å². The fourth-order valence-corrected chi connectivity index (χ4v) is 1.86. The predicted molar refractivity (Wildman–Crippen MR) is 69.5 cm³/mol. The van der Waals surface area contributed by atoms with Gasteiger partial charge < -0.3 is 9.67 Å². The summed E-state index contributed by atoms with van der Waals surface area (Å²) in [5, 5.41) is 9.16. The van der Waals surface area contributed by atoms with Crippen molar-refractivity contribution in [2.24, 2.45) is 0 Å². The Balaban J connectivity index is 2.42. The predicted octanol–water partition coefficient (Wildman–Crippen LogP) is 2.14. The maximum absolute atomic E-state index is 11.3. The van der Waals surface area contributed by atoms with E-state index in [1.807, 2.05) is 19.1 Å². The number of carbonyl (C=O) groups is 2. The fourth-order valence-electron chi connectivity index (χ4n) is 1.86. The number of aromatic nitrogens is 2. The lowest BCUT2D eigenvalue weighted by Gasteiger charge is -2.07. The van der Waals surface area contributed by atoms with Gasteiger partial charge in [0.05, 0.1) is 12.2 Å². The molecule has 0 aromatic carbocycles. The molecule has 2 aromatic heterocycles. The highest BCUT2D eigenvalue weighted by atomic mass is 16.4. The molecule has 0 aliphatic rings. The van der Waals surface area contributed by atoms with Crippen LogP contribution in [0.5, 0.6) is 0 Å². The van der Waals surface area contributed by atoms with Crippen LogP contribution in [0, 0.1) is 6.92 Å². The molecule has 5 nitrogen and oxygen atoms in total. The molecule has 98 valence electrons. The second kappa shape index (κ2) is 5.06. The summed E-state index contributed by atoms with van der Waals surface area (Å²) < 4.78 is 1.54. The van der Waals surface area contributed by atoms with Crippen LogP contribution in [-0.4, -0.2) is 26.4 Å². The van der Waals surface area contributed by atoms with Crippen molar-refractivity contribution >= 4 is 11.8 Å². The molecule has 0 fully saturated rings. The van der Waals surface area contributed by atoms with Crippen molar-refractivity contribution < 1.29 is 14.7 Å². The van der Waals surface area contributed by atoms with Crippen LogP contribution in [0.3, 0.4) is 0 Å². The van der Waals surface area contributed by atoms with E-state index in [-0.39, 0.29) is 11.5 Å². The Morgan fingerprint density at radius 2 is 2.16 bits per heavy atom. The van der Waals surface area contributed by atoms with Crippen LogP contribution in [0.15, 0.2) is 30.6 Å². The van der Waals surface area contributed by atoms with E-state index in [9.17, 15) is 9.59 Å². The van der Waals surface area contributed by atoms with Gasteiger partial charge in [0, 0.05) is 18.0 Å². The second-order valence-corrected chi connectivity index (χ2v) is 4.37. The maximum atomic E-state index is 11.3. The Kier molecular flexibility index (Phi) is 3.46. The standard InChI is InChI=1S/C14H14N2O3/c1-9-4-3-5-15-12(9)8-16-7-11(10(2)17)6-13(16)14(18)19/h3-7H,8H2,1-2H3,(H,18,19). The molecule has 5 heteroatoms. The highest BCUT2D eigenvalue weighted by Gasteiger charge is 2.15. The molecule has 0 bridgehead atoms. The van der Waals surface area contributed by atoms with E-state index < -0.39 is 5.97 Å². The van der Waals surface area contributed by atoms with E-state index in [4.69, 9.17) is 5.11 Å². The average Bonchev–Trinajstić information content (AvgIpc) is 2.76. The van der Waals surface area contributed by atoms with Gasteiger partial charge >= 0.3 is 5.97 Å². The monoisotopic (exact) mass is 258 g/mol. The average molecular weight is 258 g/mol. The number of nitrogens with zero attached hydrogens (tertiary/aromatic N) is 2. The molecule has 2 heterocycles. The molecule has 2 rings (SSSR count). The van der Waals surface area contributed by atoms with Crippen LogP contribution in [0.25, 0.3) is 0 Å². The third-order valence-electron chi connectivity index (χ3n) is 2.96. The molecule has 1 N–H and O–H groups in total. The molecule has 0 aliphatic heterocycles. The van der Waals surface area contributed by atoms with E-state index in [0.717, 1.165) is 11.3 Å². The van der Waals surface area contributed by atoms with Gasteiger partial charge in [-0.25, -0.2) is 4.79 Å². The smallest absolute Gasteiger partial charge is 0.352 e. The van der Waals surface area contributed by atoms with Crippen LogP contribution in [0.2, 0.25) is 0 Å². The minimum Gasteiger partial charge on any atom is -0.477 e. The largest absolute Gasteiger partial charge is 0.477 e. The number of aryl methyl sites for hydroxylation is 1. The van der Waals surface area contributed by atoms with Crippen LogP contribution >= 0.6 is 0 Å². The summed E-state index contributed by atoms with van der Waals surface area (Å²) in [4.78, 5) is 26.7. The van der Waals surface area contributed by atoms with E-state index in [2.05, 4.69) is 4.98 Å². The molecule has 0 spiro atoms. The Morgan fingerprint density at radius 1 is 1.42 bits per heavy atom. The molecular weight excluding hydrogens is 244 g/mol. The van der Waals surface area contributed by atoms with Crippen LogP contribution in [-0.2, 0) is 6.54 Å². The first-order chi connectivity index (χ1) is 8.99. The summed E-state index contributed by atoms with van der Waals surface area (Å²) in [5.41, 5.74) is 2.26. The molecular formula is C14H14N2O3. The number of rotatable bonds is 4. The van der Waals surface area contributed by atoms with Crippen LogP contribution in [0.1, 0.15) is 39.0 Å². The van der Waals surface area contributed by atoms with Gasteiger partial charge in [0.2, 0.25) is 0 Å². The molecule has 0 unspecified atom stereocenters. The van der Waals surface area contributed by atoms with Crippen LogP contribution < -0.4 is 0 Å². The zero-order valence-corrected chi connectivity index (χ0v) is 10.8. The third-order valence-corrected chi connectivity index (χ3v) is 2.96. The number of carboxylic acid groups (broad SMARTS) is 1. The molecule has 0 saturated carbocycles. The number of Topliss-reactive ketones (excluding diaryl/α,β-unsaturated/α-hetero) is 1. The number of carboxylic acids is 1. The number of aromatic carboxylic acids is 1. The van der Waals surface area contributed by atoms with Gasteiger partial charge in [-0.15, -0.1) is 0 Å². The van der Waals surface area contributed by atoms with E-state index in [0.29, 0.717) is 12.1 Å². The summed E-state index contributed by atoms with van der Waals surface area (Å²) in [5.74, 6) is -1.21. The number of ketones is 1.